The minimum Gasteiger partial charge on any atom is -0.496 e. The highest BCUT2D eigenvalue weighted by Crippen LogP contribution is 2.38. The molecule has 6 heteroatoms. The van der Waals surface area contributed by atoms with E-state index >= 15 is 0 Å². The van der Waals surface area contributed by atoms with Gasteiger partial charge in [-0.2, -0.15) is 0 Å². The van der Waals surface area contributed by atoms with Crippen molar-refractivity contribution in [1.29, 1.82) is 0 Å². The van der Waals surface area contributed by atoms with Gasteiger partial charge in [0.1, 0.15) is 5.75 Å². The number of halogens is 1. The van der Waals surface area contributed by atoms with E-state index in [0.717, 1.165) is 50.1 Å². The fourth-order valence-corrected chi connectivity index (χ4v) is 3.44. The Balaban J connectivity index is 0.00000192. The summed E-state index contributed by atoms with van der Waals surface area (Å²) >= 11 is 0. The lowest BCUT2D eigenvalue weighted by atomic mass is 9.87. The Kier molecular flexibility index (Phi) is 6.52. The van der Waals surface area contributed by atoms with E-state index < -0.39 is 0 Å². The van der Waals surface area contributed by atoms with E-state index in [1.54, 1.807) is 7.11 Å². The summed E-state index contributed by atoms with van der Waals surface area (Å²) in [4.78, 5) is 6.80. The van der Waals surface area contributed by atoms with E-state index in [-0.39, 0.29) is 24.0 Å². The first-order chi connectivity index (χ1) is 10.8. The molecule has 0 aliphatic carbocycles. The maximum Gasteiger partial charge on any atom is 0.193 e. The third kappa shape index (κ3) is 4.09. The van der Waals surface area contributed by atoms with Gasteiger partial charge in [0.2, 0.25) is 0 Å². The second-order valence-corrected chi connectivity index (χ2v) is 6.19. The van der Waals surface area contributed by atoms with Crippen LogP contribution < -0.4 is 10.1 Å². The number of nitrogens with zero attached hydrogens (tertiary/aromatic N) is 2. The molecular formula is C17H26IN3O2. The number of likely N-dealkylation sites (tertiary alicyclic amines) is 1. The molecule has 5 nitrogen and oxygen atoms in total. The van der Waals surface area contributed by atoms with E-state index in [1.165, 1.54) is 12.8 Å². The predicted octanol–water partition coefficient (Wildman–Crippen LogP) is 2.50. The number of hydrogen-bond acceptors (Lipinski definition) is 3. The van der Waals surface area contributed by atoms with Gasteiger partial charge in [-0.15, -0.1) is 24.0 Å². The normalized spacial score (nSPS) is 23.9. The monoisotopic (exact) mass is 431 g/mol. The van der Waals surface area contributed by atoms with Crippen LogP contribution in [0, 0.1) is 5.41 Å². The Hall–Kier alpha value is -1.02. The van der Waals surface area contributed by atoms with Crippen LogP contribution >= 0.6 is 24.0 Å². The van der Waals surface area contributed by atoms with Gasteiger partial charge in [-0.05, 0) is 18.9 Å². The van der Waals surface area contributed by atoms with Crippen LogP contribution in [-0.2, 0) is 11.3 Å². The zero-order valence-corrected chi connectivity index (χ0v) is 16.2. The minimum absolute atomic E-state index is 0. The highest BCUT2D eigenvalue weighted by Gasteiger charge is 2.42. The zero-order chi connectivity index (χ0) is 15.4. The third-order valence-corrected chi connectivity index (χ3v) is 4.76. The van der Waals surface area contributed by atoms with E-state index in [9.17, 15) is 0 Å². The molecule has 128 valence electrons. The molecule has 0 aromatic heterocycles. The SMILES string of the molecule is CN=C(NCc1ccccc1OC)N1CCC2(CCOC2)C1.I. The van der Waals surface area contributed by atoms with Crippen molar-refractivity contribution in [3.05, 3.63) is 29.8 Å². The molecule has 0 amide bonds. The molecular weight excluding hydrogens is 405 g/mol. The second kappa shape index (κ2) is 8.19. The molecule has 1 spiro atoms. The Labute approximate surface area is 155 Å². The third-order valence-electron chi connectivity index (χ3n) is 4.76. The van der Waals surface area contributed by atoms with Gasteiger partial charge in [0.25, 0.3) is 0 Å². The zero-order valence-electron chi connectivity index (χ0n) is 13.9. The number of methoxy groups -OCH3 is 1. The van der Waals surface area contributed by atoms with E-state index in [1.807, 2.05) is 25.2 Å². The first-order valence-electron chi connectivity index (χ1n) is 7.92. The first kappa shape index (κ1) is 18.3. The van der Waals surface area contributed by atoms with Crippen LogP contribution in [0.5, 0.6) is 5.75 Å². The second-order valence-electron chi connectivity index (χ2n) is 6.19. The van der Waals surface area contributed by atoms with Crippen molar-refractivity contribution in [2.45, 2.75) is 19.4 Å². The van der Waals surface area contributed by atoms with Gasteiger partial charge in [-0.3, -0.25) is 4.99 Å². The number of ether oxygens (including phenoxy) is 2. The minimum atomic E-state index is 0. The number of para-hydroxylation sites is 1. The predicted molar refractivity (Wildman–Crippen MR) is 103 cm³/mol. The van der Waals surface area contributed by atoms with E-state index in [2.05, 4.69) is 21.3 Å². The molecule has 0 radical (unpaired) electrons. The molecule has 2 aliphatic rings. The van der Waals surface area contributed by atoms with E-state index in [4.69, 9.17) is 9.47 Å². The maximum absolute atomic E-state index is 5.60. The van der Waals surface area contributed by atoms with Gasteiger partial charge in [-0.25, -0.2) is 0 Å². The highest BCUT2D eigenvalue weighted by molar-refractivity contribution is 14.0. The lowest BCUT2D eigenvalue weighted by Gasteiger charge is -2.25. The Morgan fingerprint density at radius 2 is 2.22 bits per heavy atom. The topological polar surface area (TPSA) is 46.1 Å². The van der Waals surface area contributed by atoms with Gasteiger partial charge in [0.15, 0.2) is 5.96 Å². The number of nitrogens with one attached hydrogen (secondary N) is 1. The molecule has 2 saturated heterocycles. The average molecular weight is 431 g/mol. The largest absolute Gasteiger partial charge is 0.496 e. The molecule has 2 fully saturated rings. The first-order valence-corrected chi connectivity index (χ1v) is 7.92. The summed E-state index contributed by atoms with van der Waals surface area (Å²) in [5.74, 6) is 1.88. The molecule has 0 bridgehead atoms. The molecule has 0 saturated carbocycles. The van der Waals surface area contributed by atoms with Crippen LogP contribution in [0.1, 0.15) is 18.4 Å². The maximum atomic E-state index is 5.60. The quantitative estimate of drug-likeness (QED) is 0.454. The van der Waals surface area contributed by atoms with Crippen molar-refractivity contribution < 1.29 is 9.47 Å². The van der Waals surface area contributed by atoms with Gasteiger partial charge < -0.3 is 19.7 Å². The fourth-order valence-electron chi connectivity index (χ4n) is 3.44. The summed E-state index contributed by atoms with van der Waals surface area (Å²) in [6, 6.07) is 8.08. The van der Waals surface area contributed by atoms with Crippen molar-refractivity contribution >= 4 is 29.9 Å². The molecule has 1 aromatic rings. The highest BCUT2D eigenvalue weighted by atomic mass is 127. The number of rotatable bonds is 3. The van der Waals surface area contributed by atoms with Crippen molar-refractivity contribution in [3.63, 3.8) is 0 Å². The van der Waals surface area contributed by atoms with Gasteiger partial charge >= 0.3 is 0 Å². The van der Waals surface area contributed by atoms with Crippen molar-refractivity contribution in [3.8, 4) is 5.75 Å². The van der Waals surface area contributed by atoms with Crippen LogP contribution in [0.2, 0.25) is 0 Å². The number of aliphatic imine (C=N–C) groups is 1. The van der Waals surface area contributed by atoms with Crippen molar-refractivity contribution in [1.82, 2.24) is 10.2 Å². The summed E-state index contributed by atoms with van der Waals surface area (Å²) in [5.41, 5.74) is 1.49. The summed E-state index contributed by atoms with van der Waals surface area (Å²) in [6.07, 6.45) is 2.37. The molecule has 2 heterocycles. The molecule has 3 rings (SSSR count). The van der Waals surface area contributed by atoms with Crippen LogP contribution in [0.3, 0.4) is 0 Å². The molecule has 1 unspecified atom stereocenters. The lowest BCUT2D eigenvalue weighted by molar-refractivity contribution is 0.156. The number of hydrogen-bond donors (Lipinski definition) is 1. The number of guanidine groups is 1. The molecule has 1 aromatic carbocycles. The molecule has 23 heavy (non-hydrogen) atoms. The summed E-state index contributed by atoms with van der Waals surface area (Å²) in [6.45, 7) is 4.61. The van der Waals surface area contributed by atoms with Gasteiger partial charge in [0.05, 0.1) is 13.7 Å². The van der Waals surface area contributed by atoms with Crippen molar-refractivity contribution in [2.75, 3.05) is 40.5 Å². The van der Waals surface area contributed by atoms with Gasteiger partial charge in [0, 0.05) is 44.3 Å². The Morgan fingerprint density at radius 3 is 2.91 bits per heavy atom. The smallest absolute Gasteiger partial charge is 0.193 e. The molecule has 1 N–H and O–H groups in total. The van der Waals surface area contributed by atoms with Gasteiger partial charge in [-0.1, -0.05) is 18.2 Å². The van der Waals surface area contributed by atoms with E-state index in [0.29, 0.717) is 5.41 Å². The standard InChI is InChI=1S/C17H25N3O2.HI/c1-18-16(19-11-14-5-3-4-6-15(14)21-2)20-9-7-17(12-20)8-10-22-13-17;/h3-6H,7-13H2,1-2H3,(H,18,19);1H. The average Bonchev–Trinajstić information content (AvgIpc) is 3.19. The Bertz CT molecular complexity index is 544. The summed E-state index contributed by atoms with van der Waals surface area (Å²) in [7, 11) is 3.55. The van der Waals surface area contributed by atoms with Crippen LogP contribution in [0.4, 0.5) is 0 Å². The van der Waals surface area contributed by atoms with Crippen molar-refractivity contribution in [2.24, 2.45) is 10.4 Å². The lowest BCUT2D eigenvalue weighted by Crippen LogP contribution is -2.41. The molecule has 2 aliphatic heterocycles. The number of benzene rings is 1. The summed E-state index contributed by atoms with van der Waals surface area (Å²) < 4.78 is 11.0. The van der Waals surface area contributed by atoms with Crippen LogP contribution in [0.15, 0.2) is 29.3 Å². The summed E-state index contributed by atoms with van der Waals surface area (Å²) in [5, 5.41) is 3.46. The van der Waals surface area contributed by atoms with Crippen LogP contribution in [-0.4, -0.2) is 51.3 Å². The van der Waals surface area contributed by atoms with Crippen LogP contribution in [0.25, 0.3) is 0 Å². The fraction of sp³-hybridized carbons (Fsp3) is 0.588. The Morgan fingerprint density at radius 1 is 1.39 bits per heavy atom. The molecule has 1 atom stereocenters.